The Morgan fingerprint density at radius 1 is 1.42 bits per heavy atom. The summed E-state index contributed by atoms with van der Waals surface area (Å²) in [5, 5.41) is 2.91. The van der Waals surface area contributed by atoms with Gasteiger partial charge in [0, 0.05) is 21.6 Å². The molecule has 19 heavy (non-hydrogen) atoms. The fraction of sp³-hybridized carbons (Fsp3) is 0.583. The SMILES string of the molecule is CCC(C)C(C)NC(=O)Cc1ccc(S(=O)(=O)Cl)s1. The summed E-state index contributed by atoms with van der Waals surface area (Å²) in [4.78, 5) is 12.5. The second-order valence-corrected chi connectivity index (χ2v) is 8.54. The maximum Gasteiger partial charge on any atom is 0.270 e. The Morgan fingerprint density at radius 3 is 2.53 bits per heavy atom. The first-order valence-corrected chi connectivity index (χ1v) is 9.19. The van der Waals surface area contributed by atoms with Gasteiger partial charge >= 0.3 is 0 Å². The molecule has 1 heterocycles. The van der Waals surface area contributed by atoms with E-state index in [2.05, 4.69) is 19.2 Å². The third-order valence-electron chi connectivity index (χ3n) is 3.10. The van der Waals surface area contributed by atoms with Crippen LogP contribution in [-0.2, 0) is 20.3 Å². The highest BCUT2D eigenvalue weighted by Crippen LogP contribution is 2.25. The van der Waals surface area contributed by atoms with Gasteiger partial charge in [-0.05, 0) is 25.0 Å². The molecule has 2 unspecified atom stereocenters. The first-order valence-electron chi connectivity index (χ1n) is 6.06. The van der Waals surface area contributed by atoms with Crippen LogP contribution < -0.4 is 5.32 Å². The van der Waals surface area contributed by atoms with Gasteiger partial charge in [-0.3, -0.25) is 4.79 Å². The summed E-state index contributed by atoms with van der Waals surface area (Å²) in [5.41, 5.74) is 0. The molecule has 7 heteroatoms. The molecule has 0 aliphatic heterocycles. The fourth-order valence-corrected chi connectivity index (χ4v) is 3.66. The van der Waals surface area contributed by atoms with E-state index < -0.39 is 9.05 Å². The van der Waals surface area contributed by atoms with Crippen molar-refractivity contribution < 1.29 is 13.2 Å². The second-order valence-electron chi connectivity index (χ2n) is 4.58. The monoisotopic (exact) mass is 323 g/mol. The molecule has 2 atom stereocenters. The summed E-state index contributed by atoms with van der Waals surface area (Å²) in [6.07, 6.45) is 1.17. The summed E-state index contributed by atoms with van der Waals surface area (Å²) >= 11 is 1.03. The van der Waals surface area contributed by atoms with E-state index in [9.17, 15) is 13.2 Å². The van der Waals surface area contributed by atoms with Gasteiger partial charge in [-0.25, -0.2) is 8.42 Å². The van der Waals surface area contributed by atoms with Gasteiger partial charge < -0.3 is 5.32 Å². The molecule has 108 valence electrons. The van der Waals surface area contributed by atoms with E-state index in [0.717, 1.165) is 17.8 Å². The number of thiophene rings is 1. The molecular formula is C12H18ClNO3S2. The van der Waals surface area contributed by atoms with Crippen molar-refractivity contribution >= 4 is 37.0 Å². The zero-order valence-electron chi connectivity index (χ0n) is 11.1. The van der Waals surface area contributed by atoms with Gasteiger partial charge in [0.05, 0.1) is 6.42 Å². The molecule has 0 fully saturated rings. The number of rotatable bonds is 6. The number of halogens is 1. The third-order valence-corrected chi connectivity index (χ3v) is 6.28. The highest BCUT2D eigenvalue weighted by molar-refractivity contribution is 8.15. The molecule has 0 bridgehead atoms. The summed E-state index contributed by atoms with van der Waals surface area (Å²) in [7, 11) is 1.54. The van der Waals surface area contributed by atoms with Crippen molar-refractivity contribution in [1.29, 1.82) is 0 Å². The summed E-state index contributed by atoms with van der Waals surface area (Å²) in [5.74, 6) is 0.305. The van der Waals surface area contributed by atoms with Gasteiger partial charge in [-0.2, -0.15) is 0 Å². The van der Waals surface area contributed by atoms with Crippen molar-refractivity contribution in [3.8, 4) is 0 Å². The molecule has 1 aromatic rings. The van der Waals surface area contributed by atoms with Crippen LogP contribution in [0.4, 0.5) is 0 Å². The van der Waals surface area contributed by atoms with Gasteiger partial charge in [0.1, 0.15) is 4.21 Å². The number of hydrogen-bond acceptors (Lipinski definition) is 4. The average Bonchev–Trinajstić information content (AvgIpc) is 2.75. The Labute approximate surface area is 122 Å². The van der Waals surface area contributed by atoms with Crippen LogP contribution in [0.5, 0.6) is 0 Å². The molecule has 0 aliphatic carbocycles. The van der Waals surface area contributed by atoms with Crippen molar-refractivity contribution in [3.63, 3.8) is 0 Å². The molecule has 0 saturated carbocycles. The number of hydrogen-bond donors (Lipinski definition) is 1. The lowest BCUT2D eigenvalue weighted by Gasteiger charge is -2.19. The van der Waals surface area contributed by atoms with Gasteiger partial charge in [0.15, 0.2) is 0 Å². The topological polar surface area (TPSA) is 63.2 Å². The van der Waals surface area contributed by atoms with Crippen LogP contribution in [0, 0.1) is 5.92 Å². The van der Waals surface area contributed by atoms with Crippen LogP contribution in [-0.4, -0.2) is 20.4 Å². The summed E-state index contributed by atoms with van der Waals surface area (Å²) < 4.78 is 22.3. The molecule has 1 amide bonds. The smallest absolute Gasteiger partial charge is 0.270 e. The standard InChI is InChI=1S/C12H18ClNO3S2/c1-4-8(2)9(3)14-11(15)7-10-5-6-12(18-10)19(13,16)17/h5-6,8-9H,4,7H2,1-3H3,(H,14,15). The highest BCUT2D eigenvalue weighted by atomic mass is 35.7. The van der Waals surface area contributed by atoms with E-state index in [-0.39, 0.29) is 22.6 Å². The molecule has 1 aromatic heterocycles. The molecule has 1 rings (SSSR count). The normalized spacial score (nSPS) is 14.9. The molecule has 0 aliphatic rings. The van der Waals surface area contributed by atoms with Crippen molar-refractivity contribution in [2.75, 3.05) is 0 Å². The lowest BCUT2D eigenvalue weighted by molar-refractivity contribution is -0.121. The number of nitrogens with one attached hydrogen (secondary N) is 1. The first kappa shape index (κ1) is 16.5. The predicted octanol–water partition coefficient (Wildman–Crippen LogP) is 2.77. The average molecular weight is 324 g/mol. The van der Waals surface area contributed by atoms with Gasteiger partial charge in [-0.15, -0.1) is 11.3 Å². The minimum absolute atomic E-state index is 0.0759. The number of carbonyl (C=O) groups excluding carboxylic acids is 1. The van der Waals surface area contributed by atoms with E-state index in [1.54, 1.807) is 6.07 Å². The fourth-order valence-electron chi connectivity index (χ4n) is 1.54. The molecule has 1 N–H and O–H groups in total. The lowest BCUT2D eigenvalue weighted by atomic mass is 10.0. The molecule has 0 radical (unpaired) electrons. The Morgan fingerprint density at radius 2 is 2.05 bits per heavy atom. The molecule has 0 spiro atoms. The number of amides is 1. The third kappa shape index (κ3) is 5.12. The number of carbonyl (C=O) groups is 1. The first-order chi connectivity index (χ1) is 8.74. The zero-order chi connectivity index (χ0) is 14.6. The highest BCUT2D eigenvalue weighted by Gasteiger charge is 2.16. The van der Waals surface area contributed by atoms with Crippen molar-refractivity contribution in [2.24, 2.45) is 5.92 Å². The Hall–Kier alpha value is -0.590. The molecule has 0 saturated heterocycles. The van der Waals surface area contributed by atoms with Crippen LogP contribution in [0.1, 0.15) is 32.1 Å². The van der Waals surface area contributed by atoms with Gasteiger partial charge in [0.25, 0.3) is 9.05 Å². The Balaban J connectivity index is 2.61. The Kier molecular flexibility index (Phi) is 5.82. The zero-order valence-corrected chi connectivity index (χ0v) is 13.5. The van der Waals surface area contributed by atoms with E-state index in [1.165, 1.54) is 6.07 Å². The van der Waals surface area contributed by atoms with E-state index in [4.69, 9.17) is 10.7 Å². The van der Waals surface area contributed by atoms with Crippen molar-refractivity contribution in [2.45, 2.75) is 43.9 Å². The molecule has 4 nitrogen and oxygen atoms in total. The lowest BCUT2D eigenvalue weighted by Crippen LogP contribution is -2.37. The quantitative estimate of drug-likeness (QED) is 0.819. The van der Waals surface area contributed by atoms with E-state index in [1.807, 2.05) is 6.92 Å². The van der Waals surface area contributed by atoms with Crippen LogP contribution in [0.2, 0.25) is 0 Å². The minimum Gasteiger partial charge on any atom is -0.353 e. The van der Waals surface area contributed by atoms with E-state index in [0.29, 0.717) is 10.8 Å². The predicted molar refractivity (Wildman–Crippen MR) is 78.1 cm³/mol. The molecular weight excluding hydrogens is 306 g/mol. The van der Waals surface area contributed by atoms with Gasteiger partial charge in [-0.1, -0.05) is 20.3 Å². The summed E-state index contributed by atoms with van der Waals surface area (Å²) in [6.45, 7) is 6.12. The minimum atomic E-state index is -3.70. The van der Waals surface area contributed by atoms with Gasteiger partial charge in [0.2, 0.25) is 5.91 Å². The van der Waals surface area contributed by atoms with E-state index >= 15 is 0 Å². The van der Waals surface area contributed by atoms with Crippen LogP contribution in [0.25, 0.3) is 0 Å². The largest absolute Gasteiger partial charge is 0.353 e. The van der Waals surface area contributed by atoms with Crippen molar-refractivity contribution in [3.05, 3.63) is 17.0 Å². The van der Waals surface area contributed by atoms with Crippen LogP contribution in [0.15, 0.2) is 16.3 Å². The maximum absolute atomic E-state index is 11.8. The van der Waals surface area contributed by atoms with Crippen LogP contribution >= 0.6 is 22.0 Å². The molecule has 0 aromatic carbocycles. The maximum atomic E-state index is 11.8. The second kappa shape index (κ2) is 6.72. The Bertz CT molecular complexity index is 539. The van der Waals surface area contributed by atoms with Crippen LogP contribution in [0.3, 0.4) is 0 Å². The summed E-state index contributed by atoms with van der Waals surface area (Å²) in [6, 6.07) is 3.15. The van der Waals surface area contributed by atoms with Crippen molar-refractivity contribution in [1.82, 2.24) is 5.32 Å².